The summed E-state index contributed by atoms with van der Waals surface area (Å²) in [6.07, 6.45) is 0.0389. The van der Waals surface area contributed by atoms with Crippen molar-refractivity contribution in [3.05, 3.63) is 62.1 Å². The van der Waals surface area contributed by atoms with Crippen molar-refractivity contribution < 1.29 is 19.0 Å². The zero-order chi connectivity index (χ0) is 20.5. The van der Waals surface area contributed by atoms with E-state index < -0.39 is 17.4 Å². The number of cyclic esters (lactones) is 1. The number of benzene rings is 1. The average molecular weight is 415 g/mol. The standard InChI is InChI=1S/C21H16ClFN2O4/c1-2-21(28)7-18(26)29-9-12-13(21)5-17-19-11(8-25(17)20(12)27)3-10-4-15(23)14(22)6-16(10)24-19/h3-6,28H,2,7-9H2,1H3. The van der Waals surface area contributed by atoms with Gasteiger partial charge in [-0.25, -0.2) is 9.37 Å². The molecule has 0 radical (unpaired) electrons. The molecule has 8 heteroatoms. The number of ether oxygens (including phenoxy) is 1. The van der Waals surface area contributed by atoms with Crippen LogP contribution in [0.15, 0.2) is 29.1 Å². The van der Waals surface area contributed by atoms with Crippen LogP contribution in [0.5, 0.6) is 0 Å². The van der Waals surface area contributed by atoms with E-state index in [1.807, 2.05) is 0 Å². The molecule has 29 heavy (non-hydrogen) atoms. The van der Waals surface area contributed by atoms with Crippen molar-refractivity contribution >= 4 is 28.5 Å². The number of esters is 1. The minimum atomic E-state index is -1.48. The van der Waals surface area contributed by atoms with Crippen LogP contribution >= 0.6 is 11.6 Å². The minimum Gasteiger partial charge on any atom is -0.460 e. The van der Waals surface area contributed by atoms with Crippen molar-refractivity contribution in [2.75, 3.05) is 0 Å². The monoisotopic (exact) mass is 414 g/mol. The fourth-order valence-electron chi connectivity index (χ4n) is 4.18. The number of carbonyl (C=O) groups is 1. The molecular weight excluding hydrogens is 399 g/mol. The average Bonchev–Trinajstić information content (AvgIpc) is 2.97. The van der Waals surface area contributed by atoms with Gasteiger partial charge >= 0.3 is 5.97 Å². The zero-order valence-electron chi connectivity index (χ0n) is 15.5. The Morgan fingerprint density at radius 1 is 1.31 bits per heavy atom. The van der Waals surface area contributed by atoms with Crippen molar-refractivity contribution in [3.8, 4) is 11.4 Å². The summed E-state index contributed by atoms with van der Waals surface area (Å²) in [7, 11) is 0. The van der Waals surface area contributed by atoms with Gasteiger partial charge in [0.15, 0.2) is 0 Å². The van der Waals surface area contributed by atoms with E-state index in [-0.39, 0.29) is 42.1 Å². The Labute approximate surface area is 169 Å². The van der Waals surface area contributed by atoms with Crippen LogP contribution in [0.3, 0.4) is 0 Å². The highest BCUT2D eigenvalue weighted by atomic mass is 35.5. The first-order chi connectivity index (χ1) is 13.8. The summed E-state index contributed by atoms with van der Waals surface area (Å²) >= 11 is 5.90. The first-order valence-electron chi connectivity index (χ1n) is 9.25. The predicted octanol–water partition coefficient (Wildman–Crippen LogP) is 3.26. The third kappa shape index (κ3) is 2.61. The Balaban J connectivity index is 1.78. The summed E-state index contributed by atoms with van der Waals surface area (Å²) < 4.78 is 20.5. The van der Waals surface area contributed by atoms with Gasteiger partial charge in [0.05, 0.1) is 40.5 Å². The van der Waals surface area contributed by atoms with Crippen LogP contribution in [0.1, 0.15) is 36.5 Å². The van der Waals surface area contributed by atoms with E-state index in [2.05, 4.69) is 4.98 Å². The maximum atomic E-state index is 13.8. The summed E-state index contributed by atoms with van der Waals surface area (Å²) in [5.74, 6) is -1.08. The number of carbonyl (C=O) groups excluding carboxylic acids is 1. The second-order valence-corrected chi connectivity index (χ2v) is 7.90. The van der Waals surface area contributed by atoms with Crippen molar-refractivity contribution in [3.63, 3.8) is 0 Å². The normalized spacial score (nSPS) is 20.1. The van der Waals surface area contributed by atoms with Gasteiger partial charge < -0.3 is 14.4 Å². The van der Waals surface area contributed by atoms with Crippen LogP contribution in [0.4, 0.5) is 4.39 Å². The summed E-state index contributed by atoms with van der Waals surface area (Å²) in [6.45, 7) is 1.84. The molecule has 1 N–H and O–H groups in total. The zero-order valence-corrected chi connectivity index (χ0v) is 16.2. The molecule has 6 nitrogen and oxygen atoms in total. The molecule has 0 bridgehead atoms. The number of aliphatic hydroxyl groups is 1. The van der Waals surface area contributed by atoms with E-state index in [1.54, 1.807) is 23.6 Å². The summed E-state index contributed by atoms with van der Waals surface area (Å²) in [4.78, 5) is 29.7. The molecule has 0 saturated carbocycles. The van der Waals surface area contributed by atoms with Crippen LogP contribution in [0.25, 0.3) is 22.3 Å². The summed E-state index contributed by atoms with van der Waals surface area (Å²) in [5.41, 5.74) is 1.27. The van der Waals surface area contributed by atoms with Gasteiger partial charge in [0, 0.05) is 10.9 Å². The third-order valence-electron chi connectivity index (χ3n) is 5.81. The Morgan fingerprint density at radius 2 is 2.10 bits per heavy atom. The Kier molecular flexibility index (Phi) is 3.85. The Hall–Kier alpha value is -2.77. The minimum absolute atomic E-state index is 0.0294. The van der Waals surface area contributed by atoms with Crippen molar-refractivity contribution in [2.45, 2.75) is 38.5 Å². The Bertz CT molecular complexity index is 1290. The molecule has 3 aromatic rings. The van der Waals surface area contributed by atoms with Crippen LogP contribution in [-0.4, -0.2) is 20.6 Å². The fraction of sp³-hybridized carbons (Fsp3) is 0.286. The van der Waals surface area contributed by atoms with Crippen LogP contribution in [0.2, 0.25) is 5.02 Å². The van der Waals surface area contributed by atoms with Gasteiger partial charge in [-0.15, -0.1) is 0 Å². The molecule has 2 aliphatic rings. The van der Waals surface area contributed by atoms with Crippen molar-refractivity contribution in [2.24, 2.45) is 0 Å². The molecule has 5 rings (SSSR count). The molecule has 0 amide bonds. The number of fused-ring (bicyclic) bond motifs is 5. The van der Waals surface area contributed by atoms with E-state index in [4.69, 9.17) is 16.3 Å². The maximum Gasteiger partial charge on any atom is 0.309 e. The molecule has 4 heterocycles. The van der Waals surface area contributed by atoms with Gasteiger partial charge in [-0.2, -0.15) is 0 Å². The van der Waals surface area contributed by atoms with Crippen molar-refractivity contribution in [1.29, 1.82) is 0 Å². The summed E-state index contributed by atoms with van der Waals surface area (Å²) in [5, 5.41) is 11.7. The number of hydrogen-bond acceptors (Lipinski definition) is 5. The number of aromatic nitrogens is 2. The lowest BCUT2D eigenvalue weighted by molar-refractivity contribution is -0.149. The van der Waals surface area contributed by atoms with E-state index >= 15 is 0 Å². The lowest BCUT2D eigenvalue weighted by atomic mass is 9.85. The number of halogens is 2. The quantitative estimate of drug-likeness (QED) is 0.483. The molecule has 1 atom stereocenters. The first kappa shape index (κ1) is 18.3. The number of nitrogens with zero attached hydrogens (tertiary/aromatic N) is 2. The maximum absolute atomic E-state index is 13.8. The molecule has 0 fully saturated rings. The molecule has 0 spiro atoms. The highest BCUT2D eigenvalue weighted by molar-refractivity contribution is 6.31. The molecule has 1 unspecified atom stereocenters. The fourth-order valence-corrected chi connectivity index (χ4v) is 4.33. The topological polar surface area (TPSA) is 81.4 Å². The van der Waals surface area contributed by atoms with Gasteiger partial charge in [-0.1, -0.05) is 18.5 Å². The number of hydrogen-bond donors (Lipinski definition) is 1. The lowest BCUT2D eigenvalue weighted by Gasteiger charge is -2.26. The predicted molar refractivity (Wildman–Crippen MR) is 104 cm³/mol. The van der Waals surface area contributed by atoms with E-state index in [9.17, 15) is 19.1 Å². The molecule has 0 aliphatic carbocycles. The Morgan fingerprint density at radius 3 is 2.86 bits per heavy atom. The molecule has 0 saturated heterocycles. The number of pyridine rings is 2. The number of rotatable bonds is 1. The van der Waals surface area contributed by atoms with Gasteiger partial charge in [0.25, 0.3) is 5.56 Å². The van der Waals surface area contributed by atoms with Crippen LogP contribution < -0.4 is 5.56 Å². The lowest BCUT2D eigenvalue weighted by Crippen LogP contribution is -2.32. The third-order valence-corrected chi connectivity index (χ3v) is 6.10. The molecule has 148 valence electrons. The van der Waals surface area contributed by atoms with Gasteiger partial charge in [0.2, 0.25) is 0 Å². The van der Waals surface area contributed by atoms with E-state index in [0.29, 0.717) is 27.9 Å². The highest BCUT2D eigenvalue weighted by Gasteiger charge is 2.39. The second-order valence-electron chi connectivity index (χ2n) is 7.49. The first-order valence-corrected chi connectivity index (χ1v) is 9.63. The highest BCUT2D eigenvalue weighted by Crippen LogP contribution is 2.39. The van der Waals surface area contributed by atoms with Gasteiger partial charge in [-0.05, 0) is 36.2 Å². The van der Waals surface area contributed by atoms with Gasteiger partial charge in [-0.3, -0.25) is 9.59 Å². The van der Waals surface area contributed by atoms with E-state index in [1.165, 1.54) is 12.1 Å². The van der Waals surface area contributed by atoms with Crippen LogP contribution in [0, 0.1) is 5.82 Å². The smallest absolute Gasteiger partial charge is 0.309 e. The van der Waals surface area contributed by atoms with Gasteiger partial charge in [0.1, 0.15) is 18.0 Å². The van der Waals surface area contributed by atoms with E-state index in [0.717, 1.165) is 5.56 Å². The molecule has 1 aromatic carbocycles. The summed E-state index contributed by atoms with van der Waals surface area (Å²) in [6, 6.07) is 6.28. The molecule has 2 aliphatic heterocycles. The molecular formula is C21H16ClFN2O4. The largest absolute Gasteiger partial charge is 0.460 e. The van der Waals surface area contributed by atoms with Crippen molar-refractivity contribution in [1.82, 2.24) is 9.55 Å². The molecule has 2 aromatic heterocycles. The second kappa shape index (κ2) is 6.11. The van der Waals surface area contributed by atoms with Crippen LogP contribution in [-0.2, 0) is 28.3 Å². The SMILES string of the molecule is CCC1(O)CC(=O)OCc2c1cc1n(c2=O)Cc2cc3cc(F)c(Cl)cc3nc2-1.